The number of nitrogens with zero attached hydrogens (tertiary/aromatic N) is 1. The van der Waals surface area contributed by atoms with Gasteiger partial charge in [-0.05, 0) is 64.8 Å². The number of rotatable bonds is 2. The summed E-state index contributed by atoms with van der Waals surface area (Å²) in [6, 6.07) is 12.3. The van der Waals surface area contributed by atoms with E-state index in [0.29, 0.717) is 32.8 Å². The quantitative estimate of drug-likeness (QED) is 0.209. The number of hydrogen-bond acceptors (Lipinski definition) is 2. The van der Waals surface area contributed by atoms with Gasteiger partial charge < -0.3 is 0 Å². The second kappa shape index (κ2) is 13.9. The molecule has 0 aromatic heterocycles. The molecule has 0 unspecified atom stereocenters. The molecule has 32 heavy (non-hydrogen) atoms. The summed E-state index contributed by atoms with van der Waals surface area (Å²) in [5.41, 5.74) is 0.710. The second-order valence-corrected chi connectivity index (χ2v) is 8.78. The third-order valence-corrected chi connectivity index (χ3v) is 5.82. The summed E-state index contributed by atoms with van der Waals surface area (Å²) in [5.74, 6) is -1.56. The molecule has 10 heteroatoms. The molecule has 0 radical (unpaired) electrons. The van der Waals surface area contributed by atoms with E-state index in [1.54, 1.807) is 13.0 Å². The van der Waals surface area contributed by atoms with Crippen molar-refractivity contribution in [2.24, 2.45) is 0 Å². The third kappa shape index (κ3) is 8.09. The minimum Gasteiger partial charge on any atom is -0.298 e. The van der Waals surface area contributed by atoms with Gasteiger partial charge in [-0.1, -0.05) is 57.7 Å². The molecular weight excluding hydrogens is 617 g/mol. The highest BCUT2D eigenvalue weighted by molar-refractivity contribution is 9.10. The van der Waals surface area contributed by atoms with Gasteiger partial charge >= 0.3 is 0 Å². The average molecular weight is 631 g/mol. The van der Waals surface area contributed by atoms with Crippen LogP contribution in [0.5, 0.6) is 0 Å². The Labute approximate surface area is 215 Å². The Morgan fingerprint density at radius 3 is 1.97 bits per heavy atom. The van der Waals surface area contributed by atoms with Crippen molar-refractivity contribution in [2.75, 3.05) is 0 Å². The van der Waals surface area contributed by atoms with Crippen LogP contribution in [0.25, 0.3) is 0 Å². The first-order valence-corrected chi connectivity index (χ1v) is 11.3. The summed E-state index contributed by atoms with van der Waals surface area (Å²) < 4.78 is 39.6. The van der Waals surface area contributed by atoms with Crippen LogP contribution < -0.4 is 0 Å². The molecule has 0 spiro atoms. The van der Waals surface area contributed by atoms with Crippen molar-refractivity contribution in [3.05, 3.63) is 101 Å². The lowest BCUT2D eigenvalue weighted by atomic mass is 10.1. The summed E-state index contributed by atoms with van der Waals surface area (Å²) in [4.78, 5) is 10.3. The molecule has 0 bridgehead atoms. The average Bonchev–Trinajstić information content (AvgIpc) is 2.77. The van der Waals surface area contributed by atoms with E-state index < -0.39 is 17.5 Å². The SMILES string of the molecule is CCc1c(C#N)ccc(Cl)c1F.Fc1cc(Br)ccc1Cl.O=Cc1c(Br)ccc(Cl)c1F. The monoisotopic (exact) mass is 627 g/mol. The molecule has 0 saturated carbocycles. The van der Waals surface area contributed by atoms with E-state index in [1.807, 2.05) is 6.07 Å². The number of benzene rings is 3. The van der Waals surface area contributed by atoms with Crippen molar-refractivity contribution in [1.82, 2.24) is 0 Å². The molecule has 0 aliphatic rings. The Morgan fingerprint density at radius 1 is 0.938 bits per heavy atom. The van der Waals surface area contributed by atoms with Gasteiger partial charge in [0.25, 0.3) is 0 Å². The summed E-state index contributed by atoms with van der Waals surface area (Å²) in [6.45, 7) is 1.79. The molecule has 0 atom stereocenters. The number of carbonyl (C=O) groups excluding carboxylic acids is 1. The molecular formula is C22H13Br2Cl3F3NO. The summed E-state index contributed by atoms with van der Waals surface area (Å²) in [7, 11) is 0. The predicted molar refractivity (Wildman–Crippen MR) is 129 cm³/mol. The van der Waals surface area contributed by atoms with Crippen LogP contribution in [0.15, 0.2) is 51.4 Å². The van der Waals surface area contributed by atoms with Crippen molar-refractivity contribution < 1.29 is 18.0 Å². The maximum absolute atomic E-state index is 13.2. The minimum atomic E-state index is -0.684. The fourth-order valence-electron chi connectivity index (χ4n) is 2.16. The molecule has 2 nitrogen and oxygen atoms in total. The van der Waals surface area contributed by atoms with E-state index in [4.69, 9.17) is 40.1 Å². The topological polar surface area (TPSA) is 40.9 Å². The smallest absolute Gasteiger partial charge is 0.154 e. The zero-order chi connectivity index (χ0) is 24.4. The zero-order valence-corrected chi connectivity index (χ0v) is 21.6. The highest BCUT2D eigenvalue weighted by atomic mass is 79.9. The van der Waals surface area contributed by atoms with Crippen LogP contribution in [0.2, 0.25) is 15.1 Å². The van der Waals surface area contributed by atoms with Crippen molar-refractivity contribution in [2.45, 2.75) is 13.3 Å². The van der Waals surface area contributed by atoms with E-state index in [-0.39, 0.29) is 20.6 Å². The van der Waals surface area contributed by atoms with Crippen LogP contribution in [-0.4, -0.2) is 6.29 Å². The predicted octanol–water partition coefficient (Wildman–Crippen LogP) is 9.21. The van der Waals surface area contributed by atoms with Gasteiger partial charge in [0.2, 0.25) is 0 Å². The summed E-state index contributed by atoms with van der Waals surface area (Å²) in [6.07, 6.45) is 0.903. The van der Waals surface area contributed by atoms with Crippen molar-refractivity contribution >= 4 is 72.9 Å². The fourth-order valence-corrected chi connectivity index (χ4v) is 3.36. The number of carbonyl (C=O) groups is 1. The van der Waals surface area contributed by atoms with E-state index in [1.165, 1.54) is 36.4 Å². The van der Waals surface area contributed by atoms with Gasteiger partial charge in [-0.15, -0.1) is 0 Å². The number of aldehydes is 1. The Bertz CT molecular complexity index is 1150. The molecule has 168 valence electrons. The van der Waals surface area contributed by atoms with Crippen LogP contribution in [-0.2, 0) is 6.42 Å². The van der Waals surface area contributed by atoms with E-state index in [2.05, 4.69) is 31.9 Å². The first-order chi connectivity index (χ1) is 15.1. The zero-order valence-electron chi connectivity index (χ0n) is 16.2. The molecule has 3 aromatic rings. The van der Waals surface area contributed by atoms with Crippen LogP contribution in [0.1, 0.15) is 28.4 Å². The van der Waals surface area contributed by atoms with E-state index in [9.17, 15) is 18.0 Å². The summed E-state index contributed by atoms with van der Waals surface area (Å²) in [5, 5.41) is 8.79. The molecule has 0 amide bonds. The van der Waals surface area contributed by atoms with Gasteiger partial charge in [-0.2, -0.15) is 5.26 Å². The molecule has 0 fully saturated rings. The summed E-state index contributed by atoms with van der Waals surface area (Å²) >= 11 is 22.4. The molecule has 3 aromatic carbocycles. The molecule has 0 N–H and O–H groups in total. The third-order valence-electron chi connectivity index (χ3n) is 3.75. The number of nitriles is 1. The second-order valence-electron chi connectivity index (χ2n) is 5.79. The minimum absolute atomic E-state index is 0.0440. The molecule has 0 aliphatic heterocycles. The van der Waals surface area contributed by atoms with Gasteiger partial charge in [0, 0.05) is 14.5 Å². The Hall–Kier alpha value is -1.56. The van der Waals surface area contributed by atoms with E-state index in [0.717, 1.165) is 0 Å². The number of halogens is 8. The van der Waals surface area contributed by atoms with Crippen molar-refractivity contribution in [3.63, 3.8) is 0 Å². The standard InChI is InChI=1S/C9H7ClFN.C7H3BrClFO.C6H3BrClF/c1-2-7-6(5-12)3-4-8(10)9(7)11;8-5-1-2-6(9)7(10)4(5)3-11;7-4-1-2-5(8)6(9)3-4/h3-4H,2H2,1H3;1-3H;1-3H. The maximum Gasteiger partial charge on any atom is 0.154 e. The Balaban J connectivity index is 0.000000242. The van der Waals surface area contributed by atoms with Crippen LogP contribution in [0.3, 0.4) is 0 Å². The highest BCUT2D eigenvalue weighted by Crippen LogP contribution is 2.24. The Morgan fingerprint density at radius 2 is 1.50 bits per heavy atom. The van der Waals surface area contributed by atoms with Crippen LogP contribution in [0.4, 0.5) is 13.2 Å². The van der Waals surface area contributed by atoms with Gasteiger partial charge in [0.1, 0.15) is 11.6 Å². The largest absolute Gasteiger partial charge is 0.298 e. The lowest BCUT2D eigenvalue weighted by molar-refractivity contribution is 0.111. The van der Waals surface area contributed by atoms with Gasteiger partial charge in [-0.3, -0.25) is 4.79 Å². The highest BCUT2D eigenvalue weighted by Gasteiger charge is 2.10. The van der Waals surface area contributed by atoms with Crippen LogP contribution >= 0.6 is 66.7 Å². The normalized spacial score (nSPS) is 9.62. The number of hydrogen-bond donors (Lipinski definition) is 0. The van der Waals surface area contributed by atoms with Gasteiger partial charge in [0.05, 0.1) is 32.3 Å². The first-order valence-electron chi connectivity index (χ1n) is 8.63. The molecule has 0 aliphatic carbocycles. The van der Waals surface area contributed by atoms with Crippen LogP contribution in [0, 0.1) is 28.8 Å². The molecule has 0 heterocycles. The van der Waals surface area contributed by atoms with E-state index >= 15 is 0 Å². The Kier molecular flexibility index (Phi) is 12.3. The molecule has 0 saturated heterocycles. The van der Waals surface area contributed by atoms with Gasteiger partial charge in [0.15, 0.2) is 12.1 Å². The van der Waals surface area contributed by atoms with Crippen molar-refractivity contribution in [1.29, 1.82) is 5.26 Å². The first kappa shape index (κ1) is 28.5. The molecule has 3 rings (SSSR count). The van der Waals surface area contributed by atoms with Crippen molar-refractivity contribution in [3.8, 4) is 6.07 Å². The lowest BCUT2D eigenvalue weighted by Crippen LogP contribution is -1.93. The van der Waals surface area contributed by atoms with Gasteiger partial charge in [-0.25, -0.2) is 13.2 Å². The maximum atomic E-state index is 13.2. The lowest BCUT2D eigenvalue weighted by Gasteiger charge is -2.02. The fraction of sp³-hybridized carbons (Fsp3) is 0.0909.